The molecule has 0 aromatic carbocycles. The van der Waals surface area contributed by atoms with Crippen molar-refractivity contribution in [2.45, 2.75) is 18.9 Å². The Balaban J connectivity index is 3.34. The van der Waals surface area contributed by atoms with E-state index in [1.54, 1.807) is 0 Å². The van der Waals surface area contributed by atoms with Crippen molar-refractivity contribution >= 4 is 5.91 Å². The molecule has 0 saturated carbocycles. The maximum absolute atomic E-state index is 11.1. The maximum Gasteiger partial charge on any atom is 0.220 e. The van der Waals surface area contributed by atoms with Gasteiger partial charge in [-0.1, -0.05) is 0 Å². The second-order valence-electron chi connectivity index (χ2n) is 3.12. The number of hydrogen-bond acceptors (Lipinski definition) is 4. The Morgan fingerprint density at radius 2 is 2.29 bits per heavy atom. The number of nitrogens with one attached hydrogen (secondary N) is 2. The molecule has 1 atom stereocenters. The largest absolute Gasteiger partial charge is 0.389 e. The van der Waals surface area contributed by atoms with Gasteiger partial charge in [-0.15, -0.1) is 0 Å². The predicted molar refractivity (Wildman–Crippen MR) is 54.1 cm³/mol. The van der Waals surface area contributed by atoms with E-state index in [9.17, 15) is 9.90 Å². The summed E-state index contributed by atoms with van der Waals surface area (Å²) in [6.45, 7) is 1.33. The van der Waals surface area contributed by atoms with Crippen LogP contribution in [0.1, 0.15) is 12.8 Å². The molecule has 0 radical (unpaired) electrons. The molecule has 84 valence electrons. The molecule has 0 saturated heterocycles. The molecular weight excluding hydrogens is 184 g/mol. The van der Waals surface area contributed by atoms with Crippen molar-refractivity contribution in [3.05, 3.63) is 0 Å². The highest BCUT2D eigenvalue weighted by atomic mass is 16.5. The number of amides is 1. The van der Waals surface area contributed by atoms with Crippen LogP contribution in [0.4, 0.5) is 0 Å². The highest BCUT2D eigenvalue weighted by Gasteiger charge is 2.05. The van der Waals surface area contributed by atoms with Crippen LogP contribution in [0.5, 0.6) is 0 Å². The number of carbonyl (C=O) groups is 1. The summed E-state index contributed by atoms with van der Waals surface area (Å²) in [5.74, 6) is -0.0320. The number of aliphatic hydroxyl groups excluding tert-OH is 1. The molecule has 0 aromatic heterocycles. The minimum absolute atomic E-state index is 0.0320. The number of hydrogen-bond donors (Lipinski definition) is 3. The van der Waals surface area contributed by atoms with Crippen molar-refractivity contribution in [3.63, 3.8) is 0 Å². The average molecular weight is 204 g/mol. The Hall–Kier alpha value is -0.650. The summed E-state index contributed by atoms with van der Waals surface area (Å²) in [4.78, 5) is 11.1. The molecule has 5 nitrogen and oxygen atoms in total. The number of ether oxygens (including phenoxy) is 1. The van der Waals surface area contributed by atoms with E-state index in [1.807, 2.05) is 7.05 Å². The van der Waals surface area contributed by atoms with Crippen molar-refractivity contribution < 1.29 is 14.6 Å². The smallest absolute Gasteiger partial charge is 0.220 e. The second-order valence-corrected chi connectivity index (χ2v) is 3.12. The minimum atomic E-state index is -0.617. The van der Waals surface area contributed by atoms with Gasteiger partial charge in [-0.3, -0.25) is 4.79 Å². The molecule has 1 unspecified atom stereocenters. The Kier molecular flexibility index (Phi) is 8.51. The van der Waals surface area contributed by atoms with Gasteiger partial charge in [0.15, 0.2) is 0 Å². The summed E-state index contributed by atoms with van der Waals surface area (Å²) in [6.07, 6.45) is 0.678. The first-order valence-electron chi connectivity index (χ1n) is 4.79. The average Bonchev–Trinajstić information content (AvgIpc) is 2.16. The van der Waals surface area contributed by atoms with Crippen LogP contribution in [0, 0.1) is 0 Å². The van der Waals surface area contributed by atoms with Gasteiger partial charge in [0, 0.05) is 20.1 Å². The summed E-state index contributed by atoms with van der Waals surface area (Å²) >= 11 is 0. The standard InChI is InChI=1S/C9H20N2O3/c1-10-5-3-4-9(13)11-6-8(12)7-14-2/h8,10,12H,3-7H2,1-2H3,(H,11,13). The van der Waals surface area contributed by atoms with Crippen LogP contribution in [0.25, 0.3) is 0 Å². The molecule has 3 N–H and O–H groups in total. The fourth-order valence-corrected chi connectivity index (χ4v) is 0.997. The van der Waals surface area contributed by atoms with Crippen molar-refractivity contribution in [2.24, 2.45) is 0 Å². The number of carbonyl (C=O) groups excluding carboxylic acids is 1. The number of rotatable bonds is 8. The summed E-state index contributed by atoms with van der Waals surface area (Å²) in [5.41, 5.74) is 0. The maximum atomic E-state index is 11.1. The van der Waals surface area contributed by atoms with Gasteiger partial charge in [0.2, 0.25) is 5.91 Å². The van der Waals surface area contributed by atoms with Crippen LogP contribution < -0.4 is 10.6 Å². The number of aliphatic hydroxyl groups is 1. The van der Waals surface area contributed by atoms with Gasteiger partial charge >= 0.3 is 0 Å². The van der Waals surface area contributed by atoms with Gasteiger partial charge in [-0.05, 0) is 20.0 Å². The molecule has 0 aliphatic heterocycles. The summed E-state index contributed by atoms with van der Waals surface area (Å²) < 4.78 is 4.72. The minimum Gasteiger partial charge on any atom is -0.389 e. The molecule has 0 fully saturated rings. The molecule has 0 heterocycles. The Morgan fingerprint density at radius 1 is 1.57 bits per heavy atom. The highest BCUT2D eigenvalue weighted by Crippen LogP contribution is 1.87. The van der Waals surface area contributed by atoms with Gasteiger partial charge in [-0.25, -0.2) is 0 Å². The van der Waals surface area contributed by atoms with E-state index >= 15 is 0 Å². The normalized spacial score (nSPS) is 12.5. The molecule has 0 bridgehead atoms. The van der Waals surface area contributed by atoms with Crippen LogP contribution in [0.15, 0.2) is 0 Å². The van der Waals surface area contributed by atoms with Gasteiger partial charge in [-0.2, -0.15) is 0 Å². The zero-order valence-corrected chi connectivity index (χ0v) is 8.88. The zero-order valence-electron chi connectivity index (χ0n) is 8.88. The van der Waals surface area contributed by atoms with Crippen LogP contribution in [-0.2, 0) is 9.53 Å². The van der Waals surface area contributed by atoms with Crippen LogP contribution in [-0.4, -0.2) is 51.0 Å². The van der Waals surface area contributed by atoms with Crippen molar-refractivity contribution in [2.75, 3.05) is 33.9 Å². The highest BCUT2D eigenvalue weighted by molar-refractivity contribution is 5.75. The van der Waals surface area contributed by atoms with E-state index in [0.29, 0.717) is 6.42 Å². The van der Waals surface area contributed by atoms with E-state index in [2.05, 4.69) is 10.6 Å². The third-order valence-corrected chi connectivity index (χ3v) is 1.72. The first kappa shape index (κ1) is 13.4. The molecule has 0 spiro atoms. The molecule has 0 rings (SSSR count). The quantitative estimate of drug-likeness (QED) is 0.449. The van der Waals surface area contributed by atoms with Gasteiger partial charge < -0.3 is 20.5 Å². The third-order valence-electron chi connectivity index (χ3n) is 1.72. The fourth-order valence-electron chi connectivity index (χ4n) is 0.997. The second kappa shape index (κ2) is 8.93. The zero-order chi connectivity index (χ0) is 10.8. The molecule has 0 aliphatic carbocycles. The Labute approximate surface area is 84.8 Å². The van der Waals surface area contributed by atoms with Crippen molar-refractivity contribution in [1.82, 2.24) is 10.6 Å². The number of methoxy groups -OCH3 is 1. The van der Waals surface area contributed by atoms with E-state index in [1.165, 1.54) is 7.11 Å². The topological polar surface area (TPSA) is 70.6 Å². The van der Waals surface area contributed by atoms with Gasteiger partial charge in [0.1, 0.15) is 0 Å². The predicted octanol–water partition coefficient (Wildman–Crippen LogP) is -0.890. The first-order chi connectivity index (χ1) is 6.70. The monoisotopic (exact) mass is 204 g/mol. The van der Waals surface area contributed by atoms with E-state index in [4.69, 9.17) is 4.74 Å². The van der Waals surface area contributed by atoms with Crippen molar-refractivity contribution in [1.29, 1.82) is 0 Å². The van der Waals surface area contributed by atoms with Crippen LogP contribution in [0.3, 0.4) is 0 Å². The summed E-state index contributed by atoms with van der Waals surface area (Å²) in [7, 11) is 3.36. The lowest BCUT2D eigenvalue weighted by Gasteiger charge is -2.10. The molecule has 0 aromatic rings. The van der Waals surface area contributed by atoms with Gasteiger partial charge in [0.25, 0.3) is 0 Å². The third kappa shape index (κ3) is 7.97. The van der Waals surface area contributed by atoms with Crippen LogP contribution >= 0.6 is 0 Å². The Morgan fingerprint density at radius 3 is 2.86 bits per heavy atom. The van der Waals surface area contributed by atoms with Crippen molar-refractivity contribution in [3.8, 4) is 0 Å². The van der Waals surface area contributed by atoms with E-state index in [-0.39, 0.29) is 19.1 Å². The lowest BCUT2D eigenvalue weighted by Crippen LogP contribution is -2.34. The first-order valence-corrected chi connectivity index (χ1v) is 4.79. The molecule has 1 amide bonds. The van der Waals surface area contributed by atoms with E-state index < -0.39 is 6.10 Å². The molecule has 5 heteroatoms. The Bertz CT molecular complexity index is 153. The molecular formula is C9H20N2O3. The molecule has 0 aliphatic rings. The summed E-state index contributed by atoms with van der Waals surface area (Å²) in [5, 5.41) is 14.8. The summed E-state index contributed by atoms with van der Waals surface area (Å²) in [6, 6.07) is 0. The van der Waals surface area contributed by atoms with E-state index in [0.717, 1.165) is 13.0 Å². The van der Waals surface area contributed by atoms with Gasteiger partial charge in [0.05, 0.1) is 12.7 Å². The SMILES string of the molecule is CNCCCC(=O)NCC(O)COC. The molecule has 14 heavy (non-hydrogen) atoms. The lowest BCUT2D eigenvalue weighted by molar-refractivity contribution is -0.121. The lowest BCUT2D eigenvalue weighted by atomic mass is 10.3. The van der Waals surface area contributed by atoms with Crippen LogP contribution in [0.2, 0.25) is 0 Å². The fraction of sp³-hybridized carbons (Fsp3) is 0.889.